The maximum atomic E-state index is 6.82. The fraction of sp³-hybridized carbons (Fsp3) is 0.333. The number of piperidine rings is 1. The highest BCUT2D eigenvalue weighted by molar-refractivity contribution is 5.33. The number of para-hydroxylation sites is 1. The maximum Gasteiger partial charge on any atom is 0.122 e. The highest BCUT2D eigenvalue weighted by Gasteiger charge is 2.27. The van der Waals surface area contributed by atoms with E-state index in [9.17, 15) is 0 Å². The molecule has 30 heavy (non-hydrogen) atoms. The standard InChI is InChI=1S/C27H31NO2/c1-29-25-17-9-8-12-22(25)19-21-28-20-11-10-18-26(28)30-27(23-13-4-2-5-14-23)24-15-6-3-7-16-24/h2-9,12-17,26-27H,10-11,18-21H2,1H3. The van der Waals surface area contributed by atoms with Crippen molar-refractivity contribution in [3.8, 4) is 5.75 Å². The number of ether oxygens (including phenoxy) is 2. The number of rotatable bonds is 8. The van der Waals surface area contributed by atoms with E-state index in [4.69, 9.17) is 9.47 Å². The van der Waals surface area contributed by atoms with Gasteiger partial charge in [0.15, 0.2) is 0 Å². The van der Waals surface area contributed by atoms with Gasteiger partial charge in [-0.05, 0) is 48.4 Å². The molecule has 1 aliphatic rings. The number of hydrogen-bond acceptors (Lipinski definition) is 3. The summed E-state index contributed by atoms with van der Waals surface area (Å²) in [6, 6.07) is 29.5. The van der Waals surface area contributed by atoms with Crippen molar-refractivity contribution in [3.05, 3.63) is 102 Å². The van der Waals surface area contributed by atoms with E-state index in [-0.39, 0.29) is 12.3 Å². The Hall–Kier alpha value is -2.62. The fourth-order valence-electron chi connectivity index (χ4n) is 4.31. The van der Waals surface area contributed by atoms with Crippen molar-refractivity contribution in [1.82, 2.24) is 4.90 Å². The summed E-state index contributed by atoms with van der Waals surface area (Å²) in [4.78, 5) is 2.51. The quantitative estimate of drug-likeness (QED) is 0.472. The Kier molecular flexibility index (Phi) is 7.17. The number of methoxy groups -OCH3 is 1. The Morgan fingerprint density at radius 1 is 0.833 bits per heavy atom. The molecule has 1 fully saturated rings. The van der Waals surface area contributed by atoms with Crippen LogP contribution < -0.4 is 4.74 Å². The van der Waals surface area contributed by atoms with Crippen molar-refractivity contribution in [3.63, 3.8) is 0 Å². The number of nitrogens with zero attached hydrogens (tertiary/aromatic N) is 1. The Labute approximate surface area is 180 Å². The molecular weight excluding hydrogens is 370 g/mol. The first-order valence-corrected chi connectivity index (χ1v) is 11.0. The first-order chi connectivity index (χ1) is 14.8. The Morgan fingerprint density at radius 3 is 2.13 bits per heavy atom. The minimum absolute atomic E-state index is 0.0516. The predicted octanol–water partition coefficient (Wildman–Crippen LogP) is 5.86. The number of likely N-dealkylation sites (tertiary alicyclic amines) is 1. The van der Waals surface area contributed by atoms with Crippen LogP contribution in [-0.2, 0) is 11.2 Å². The molecule has 0 spiro atoms. The maximum absolute atomic E-state index is 6.82. The minimum atomic E-state index is -0.0516. The van der Waals surface area contributed by atoms with E-state index < -0.39 is 0 Å². The molecular formula is C27H31NO2. The van der Waals surface area contributed by atoms with Crippen LogP contribution in [0.2, 0.25) is 0 Å². The van der Waals surface area contributed by atoms with Crippen LogP contribution in [-0.4, -0.2) is 31.3 Å². The van der Waals surface area contributed by atoms with Crippen LogP contribution in [0, 0.1) is 0 Å². The monoisotopic (exact) mass is 401 g/mol. The summed E-state index contributed by atoms with van der Waals surface area (Å²) >= 11 is 0. The molecule has 0 aromatic heterocycles. The van der Waals surface area contributed by atoms with Gasteiger partial charge in [0, 0.05) is 13.1 Å². The topological polar surface area (TPSA) is 21.7 Å². The molecule has 3 nitrogen and oxygen atoms in total. The molecule has 0 amide bonds. The lowest BCUT2D eigenvalue weighted by atomic mass is 10.0. The molecule has 0 N–H and O–H groups in total. The SMILES string of the molecule is COc1ccccc1CCN1CCCCC1OC(c1ccccc1)c1ccccc1. The summed E-state index contributed by atoms with van der Waals surface area (Å²) < 4.78 is 12.4. The molecule has 3 heteroatoms. The lowest BCUT2D eigenvalue weighted by Gasteiger charge is -2.38. The van der Waals surface area contributed by atoms with E-state index in [1.54, 1.807) is 7.11 Å². The molecule has 3 aromatic rings. The average molecular weight is 402 g/mol. The molecule has 1 saturated heterocycles. The van der Waals surface area contributed by atoms with E-state index in [1.807, 2.05) is 12.1 Å². The van der Waals surface area contributed by atoms with Gasteiger partial charge in [-0.1, -0.05) is 78.9 Å². The lowest BCUT2D eigenvalue weighted by Crippen LogP contribution is -2.43. The second kappa shape index (κ2) is 10.4. The van der Waals surface area contributed by atoms with Crippen molar-refractivity contribution >= 4 is 0 Å². The van der Waals surface area contributed by atoms with Gasteiger partial charge in [-0.3, -0.25) is 4.90 Å². The van der Waals surface area contributed by atoms with Gasteiger partial charge in [0.25, 0.3) is 0 Å². The van der Waals surface area contributed by atoms with Crippen molar-refractivity contribution in [2.45, 2.75) is 38.0 Å². The molecule has 0 aliphatic carbocycles. The van der Waals surface area contributed by atoms with Crippen molar-refractivity contribution in [2.75, 3.05) is 20.2 Å². The number of benzene rings is 3. The van der Waals surface area contributed by atoms with Gasteiger partial charge in [-0.25, -0.2) is 0 Å². The largest absolute Gasteiger partial charge is 0.496 e. The van der Waals surface area contributed by atoms with Crippen LogP contribution in [0.3, 0.4) is 0 Å². The van der Waals surface area contributed by atoms with Gasteiger partial charge < -0.3 is 9.47 Å². The van der Waals surface area contributed by atoms with Gasteiger partial charge in [0.1, 0.15) is 18.1 Å². The van der Waals surface area contributed by atoms with Gasteiger partial charge in [-0.2, -0.15) is 0 Å². The summed E-state index contributed by atoms with van der Waals surface area (Å²) in [6.45, 7) is 2.05. The van der Waals surface area contributed by atoms with Crippen LogP contribution >= 0.6 is 0 Å². The van der Waals surface area contributed by atoms with Gasteiger partial charge in [0.2, 0.25) is 0 Å². The van der Waals surface area contributed by atoms with Crippen LogP contribution in [0.1, 0.15) is 42.1 Å². The van der Waals surface area contributed by atoms with Crippen LogP contribution in [0.15, 0.2) is 84.9 Å². The minimum Gasteiger partial charge on any atom is -0.496 e. The summed E-state index contributed by atoms with van der Waals surface area (Å²) in [7, 11) is 1.75. The normalized spacial score (nSPS) is 17.2. The van der Waals surface area contributed by atoms with Gasteiger partial charge in [-0.15, -0.1) is 0 Å². The summed E-state index contributed by atoms with van der Waals surface area (Å²) in [5.41, 5.74) is 3.67. The molecule has 1 heterocycles. The van der Waals surface area contributed by atoms with Crippen molar-refractivity contribution in [2.24, 2.45) is 0 Å². The zero-order valence-corrected chi connectivity index (χ0v) is 17.7. The Balaban J connectivity index is 1.51. The molecule has 1 atom stereocenters. The van der Waals surface area contributed by atoms with Crippen LogP contribution in [0.5, 0.6) is 5.75 Å². The second-order valence-electron chi connectivity index (χ2n) is 7.89. The zero-order chi connectivity index (χ0) is 20.6. The third-order valence-corrected chi connectivity index (χ3v) is 5.91. The summed E-state index contributed by atoms with van der Waals surface area (Å²) in [5.74, 6) is 0.971. The molecule has 4 rings (SSSR count). The third kappa shape index (κ3) is 5.10. The Morgan fingerprint density at radius 2 is 1.47 bits per heavy atom. The van der Waals surface area contributed by atoms with Gasteiger partial charge in [0.05, 0.1) is 7.11 Å². The van der Waals surface area contributed by atoms with Crippen molar-refractivity contribution in [1.29, 1.82) is 0 Å². The molecule has 0 saturated carbocycles. The summed E-state index contributed by atoms with van der Waals surface area (Å²) in [6.07, 6.45) is 4.55. The van der Waals surface area contributed by atoms with Crippen molar-refractivity contribution < 1.29 is 9.47 Å². The molecule has 1 unspecified atom stereocenters. The smallest absolute Gasteiger partial charge is 0.122 e. The highest BCUT2D eigenvalue weighted by Crippen LogP contribution is 2.31. The number of hydrogen-bond donors (Lipinski definition) is 0. The van der Waals surface area contributed by atoms with Crippen LogP contribution in [0.25, 0.3) is 0 Å². The fourth-order valence-corrected chi connectivity index (χ4v) is 4.31. The van der Waals surface area contributed by atoms with Crippen LogP contribution in [0.4, 0.5) is 0 Å². The predicted molar refractivity (Wildman–Crippen MR) is 122 cm³/mol. The second-order valence-corrected chi connectivity index (χ2v) is 7.89. The lowest BCUT2D eigenvalue weighted by molar-refractivity contribution is -0.105. The third-order valence-electron chi connectivity index (χ3n) is 5.91. The van der Waals surface area contributed by atoms with E-state index in [2.05, 4.69) is 77.7 Å². The molecule has 156 valence electrons. The molecule has 0 bridgehead atoms. The molecule has 1 aliphatic heterocycles. The zero-order valence-electron chi connectivity index (χ0n) is 17.7. The van der Waals surface area contributed by atoms with E-state index in [0.717, 1.165) is 31.7 Å². The van der Waals surface area contributed by atoms with E-state index in [0.29, 0.717) is 0 Å². The first-order valence-electron chi connectivity index (χ1n) is 11.0. The Bertz CT molecular complexity index is 858. The molecule has 0 radical (unpaired) electrons. The first kappa shape index (κ1) is 20.6. The average Bonchev–Trinajstić information content (AvgIpc) is 2.83. The summed E-state index contributed by atoms with van der Waals surface area (Å²) in [5, 5.41) is 0. The van der Waals surface area contributed by atoms with Gasteiger partial charge >= 0.3 is 0 Å². The van der Waals surface area contributed by atoms with E-state index in [1.165, 1.54) is 29.5 Å². The highest BCUT2D eigenvalue weighted by atomic mass is 16.5. The van der Waals surface area contributed by atoms with E-state index >= 15 is 0 Å². The molecule has 3 aromatic carbocycles.